The fourth-order valence-corrected chi connectivity index (χ4v) is 0. The molecule has 4 nitrogen and oxygen atoms in total. The molecule has 0 aliphatic carbocycles. The molecule has 7 heteroatoms. The Morgan fingerprint density at radius 3 is 1.71 bits per heavy atom. The summed E-state index contributed by atoms with van der Waals surface area (Å²) in [4.78, 5) is 15.5. The van der Waals surface area contributed by atoms with Crippen LogP contribution in [0.3, 0.4) is 0 Å². The van der Waals surface area contributed by atoms with Crippen LogP contribution in [0.4, 0.5) is 0 Å². The normalized spacial score (nSPS) is 10.0. The van der Waals surface area contributed by atoms with Gasteiger partial charge >= 0.3 is 24.4 Å². The molecular weight excluding hydrogens is 289 g/mol. The Hall–Kier alpha value is 1.89. The van der Waals surface area contributed by atoms with E-state index in [-0.39, 0.29) is 53.9 Å². The first kappa shape index (κ1) is 11.7. The Bertz CT molecular complexity index is 75.8. The summed E-state index contributed by atoms with van der Waals surface area (Å²) >= 11 is 0.0849. The summed E-state index contributed by atoms with van der Waals surface area (Å²) in [6, 6.07) is 0. The Labute approximate surface area is 78.8 Å². The van der Waals surface area contributed by atoms with E-state index >= 15 is 0 Å². The van der Waals surface area contributed by atoms with Gasteiger partial charge in [0.25, 0.3) is 0 Å². The summed E-state index contributed by atoms with van der Waals surface area (Å²) in [7, 11) is -4.08. The van der Waals surface area contributed by atoms with Crippen molar-refractivity contribution in [2.75, 3.05) is 0 Å². The molecule has 0 bridgehead atoms. The largest absolute Gasteiger partial charge is 0.441 e. The first-order valence-corrected chi connectivity index (χ1v) is 3.52. The quantitative estimate of drug-likeness (QED) is 0.463. The van der Waals surface area contributed by atoms with Crippen molar-refractivity contribution in [1.29, 1.82) is 0 Å². The van der Waals surface area contributed by atoms with Crippen LogP contribution in [0.15, 0.2) is 0 Å². The van der Waals surface area contributed by atoms with Crippen LogP contribution >= 0.6 is 7.82 Å². The van der Waals surface area contributed by atoms with Crippen LogP contribution in [0.25, 0.3) is 0 Å². The van der Waals surface area contributed by atoms with E-state index in [4.69, 9.17) is 9.79 Å². The second kappa shape index (κ2) is 4.74. The standard InChI is InChI=1S/Al.Er.H3O4P.2H/c;;1-5(2,3)4;;/h;;(H3,1,2,3,4);;/q+1;;;;/p-1. The average Bonchev–Trinajstić information content (AvgIpc) is 1.35. The van der Waals surface area contributed by atoms with E-state index in [0.717, 1.165) is 0 Å². The van der Waals surface area contributed by atoms with E-state index in [0.29, 0.717) is 0 Å². The molecule has 0 atom stereocenters. The molecule has 0 unspecified atom stereocenters. The van der Waals surface area contributed by atoms with Gasteiger partial charge in [-0.2, -0.15) is 0 Å². The van der Waals surface area contributed by atoms with Crippen LogP contribution < -0.4 is 0 Å². The van der Waals surface area contributed by atoms with Gasteiger partial charge in [0.2, 0.25) is 0 Å². The van der Waals surface area contributed by atoms with Crippen LogP contribution in [0.5, 0.6) is 0 Å². The minimum absolute atomic E-state index is 0. The van der Waals surface area contributed by atoms with E-state index in [2.05, 4.69) is 3.58 Å². The average molecular weight is 293 g/mol. The van der Waals surface area contributed by atoms with Gasteiger partial charge < -0.3 is 13.4 Å². The fourth-order valence-electron chi connectivity index (χ4n) is 0. The SMILES string of the molecule is O=P(O)(O)[O][AlH2].[Er]. The molecular formula is H4AlErO4P. The number of hydrogen-bond acceptors (Lipinski definition) is 2. The molecule has 0 aliphatic rings. The molecule has 0 aromatic heterocycles. The van der Waals surface area contributed by atoms with Gasteiger partial charge in [-0.25, -0.2) is 4.57 Å². The van der Waals surface area contributed by atoms with Crippen molar-refractivity contribution in [1.82, 2.24) is 0 Å². The van der Waals surface area contributed by atoms with Crippen molar-refractivity contribution in [3.63, 3.8) is 0 Å². The predicted octanol–water partition coefficient (Wildman–Crippen LogP) is -1.36. The number of phosphoric acid groups is 1. The summed E-state index contributed by atoms with van der Waals surface area (Å²) in [6.07, 6.45) is 0. The first-order valence-electron chi connectivity index (χ1n) is 1.17. The van der Waals surface area contributed by atoms with Gasteiger partial charge in [-0.3, -0.25) is 0 Å². The van der Waals surface area contributed by atoms with Gasteiger partial charge in [0, 0.05) is 37.3 Å². The van der Waals surface area contributed by atoms with Gasteiger partial charge in [0.05, 0.1) is 0 Å². The van der Waals surface area contributed by atoms with Gasteiger partial charge in [-0.05, 0) is 0 Å². The molecule has 0 aliphatic heterocycles. The van der Waals surface area contributed by atoms with E-state index in [9.17, 15) is 4.57 Å². The van der Waals surface area contributed by atoms with E-state index < -0.39 is 7.82 Å². The smallest absolute Gasteiger partial charge is 0.423 e. The third-order valence-corrected chi connectivity index (χ3v) is 2.14. The minimum Gasteiger partial charge on any atom is -0.423 e. The molecule has 0 aromatic rings. The Morgan fingerprint density at radius 1 is 1.57 bits per heavy atom. The van der Waals surface area contributed by atoms with E-state index in [1.807, 2.05) is 0 Å². The third-order valence-electron chi connectivity index (χ3n) is 0.238. The van der Waals surface area contributed by atoms with Crippen molar-refractivity contribution in [3.05, 3.63) is 0 Å². The second-order valence-electron chi connectivity index (χ2n) is 0.673. The zero-order valence-electron chi connectivity index (χ0n) is 3.45. The molecule has 0 amide bonds. The molecule has 0 spiro atoms. The molecule has 2 N–H and O–H groups in total. The maximum atomic E-state index is 9.51. The maximum absolute atomic E-state index is 9.51. The molecule has 0 aromatic carbocycles. The van der Waals surface area contributed by atoms with E-state index in [1.165, 1.54) is 0 Å². The van der Waals surface area contributed by atoms with Crippen LogP contribution in [0, 0.1) is 37.3 Å². The second-order valence-corrected chi connectivity index (χ2v) is 3.11. The van der Waals surface area contributed by atoms with Gasteiger partial charge in [-0.1, -0.05) is 0 Å². The molecule has 7 heavy (non-hydrogen) atoms. The number of hydrogen-bond donors (Lipinski definition) is 2. The van der Waals surface area contributed by atoms with Crippen LogP contribution in [0.1, 0.15) is 0 Å². The molecule has 0 saturated carbocycles. The molecule has 0 saturated heterocycles. The third kappa shape index (κ3) is 11.4. The maximum Gasteiger partial charge on any atom is 0.441 e. The zero-order valence-corrected chi connectivity index (χ0v) is 8.19. The van der Waals surface area contributed by atoms with Gasteiger partial charge in [0.1, 0.15) is 0 Å². The summed E-state index contributed by atoms with van der Waals surface area (Å²) in [6.45, 7) is 0. The van der Waals surface area contributed by atoms with Gasteiger partial charge in [0.15, 0.2) is 0 Å². The Morgan fingerprint density at radius 2 is 1.71 bits per heavy atom. The van der Waals surface area contributed by atoms with Crippen molar-refractivity contribution < 1.29 is 55.2 Å². The summed E-state index contributed by atoms with van der Waals surface area (Å²) in [5.74, 6) is 0. The fraction of sp³-hybridized carbons (Fsp3) is 0. The van der Waals surface area contributed by atoms with Gasteiger partial charge in [-0.15, -0.1) is 0 Å². The monoisotopic (exact) mass is 292 g/mol. The summed E-state index contributed by atoms with van der Waals surface area (Å²) < 4.78 is 13.2. The topological polar surface area (TPSA) is 66.8 Å². The molecule has 0 fully saturated rings. The van der Waals surface area contributed by atoms with Crippen LogP contribution in [-0.2, 0) is 8.14 Å². The van der Waals surface area contributed by atoms with E-state index in [1.54, 1.807) is 0 Å². The molecule has 0 heterocycles. The first-order chi connectivity index (χ1) is 2.56. The van der Waals surface area contributed by atoms with Crippen molar-refractivity contribution in [2.45, 2.75) is 0 Å². The summed E-state index contributed by atoms with van der Waals surface area (Å²) in [5.41, 5.74) is 0. The summed E-state index contributed by atoms with van der Waals surface area (Å²) in [5, 5.41) is 0. The Kier molecular flexibility index (Phi) is 7.89. The van der Waals surface area contributed by atoms with Crippen LogP contribution in [-0.4, -0.2) is 26.4 Å². The van der Waals surface area contributed by atoms with Crippen molar-refractivity contribution >= 4 is 24.4 Å². The predicted molar refractivity (Wildman–Crippen MR) is 21.7 cm³/mol. The van der Waals surface area contributed by atoms with Crippen LogP contribution in [0.2, 0.25) is 0 Å². The van der Waals surface area contributed by atoms with Crippen molar-refractivity contribution in [3.8, 4) is 0 Å². The van der Waals surface area contributed by atoms with Crippen molar-refractivity contribution in [2.24, 2.45) is 0 Å². The minimum atomic E-state index is -4.08. The molecule has 0 rings (SSSR count). The molecule has 48 valence electrons. The number of rotatable bonds is 1. The zero-order chi connectivity index (χ0) is 5.21. The molecule has 0 radical (unpaired) electrons. The Balaban J connectivity index is 0.